The Hall–Kier alpha value is -3.36. The van der Waals surface area contributed by atoms with Crippen molar-refractivity contribution < 1.29 is 32.2 Å². The van der Waals surface area contributed by atoms with Crippen LogP contribution < -0.4 is 9.64 Å². The number of methoxy groups -OCH3 is 1. The minimum atomic E-state index is -4.72. The van der Waals surface area contributed by atoms with Gasteiger partial charge in [-0.1, -0.05) is 19.6 Å². The van der Waals surface area contributed by atoms with Crippen molar-refractivity contribution in [1.29, 1.82) is 0 Å². The standard InChI is InChI=1S/C27H31F3N2O4/c1-6-18-13-22(27(28,29)30)24(31-15-18)36-20-11-12-23(21(14-20)26(34)35-5)32(16(2)3)25(33)19-9-7-17(4)8-10-19/h6,11-17,19H,1,7-10H2,2-5H3/t17-,19-. The number of carbonyl (C=O) groups is 2. The summed E-state index contributed by atoms with van der Waals surface area (Å²) in [5.41, 5.74) is -0.561. The van der Waals surface area contributed by atoms with E-state index in [1.807, 2.05) is 13.8 Å². The maximum Gasteiger partial charge on any atom is 0.421 e. The predicted octanol–water partition coefficient (Wildman–Crippen LogP) is 6.89. The van der Waals surface area contributed by atoms with Gasteiger partial charge in [0.25, 0.3) is 0 Å². The minimum Gasteiger partial charge on any atom is -0.465 e. The molecule has 1 aliphatic carbocycles. The molecule has 36 heavy (non-hydrogen) atoms. The number of nitrogens with zero attached hydrogens (tertiary/aromatic N) is 2. The molecule has 194 valence electrons. The van der Waals surface area contributed by atoms with Gasteiger partial charge in [-0.25, -0.2) is 9.78 Å². The van der Waals surface area contributed by atoms with Crippen molar-refractivity contribution in [3.8, 4) is 11.6 Å². The smallest absolute Gasteiger partial charge is 0.421 e. The molecule has 6 nitrogen and oxygen atoms in total. The quantitative estimate of drug-likeness (QED) is 0.384. The second kappa shape index (κ2) is 11.1. The van der Waals surface area contributed by atoms with Crippen LogP contribution in [0.25, 0.3) is 6.08 Å². The molecule has 0 aliphatic heterocycles. The topological polar surface area (TPSA) is 68.7 Å². The van der Waals surface area contributed by atoms with Crippen LogP contribution in [0.15, 0.2) is 37.0 Å². The Kier molecular flexibility index (Phi) is 8.43. The number of benzene rings is 1. The molecule has 0 radical (unpaired) electrons. The van der Waals surface area contributed by atoms with Crippen molar-refractivity contribution in [1.82, 2.24) is 4.98 Å². The van der Waals surface area contributed by atoms with Crippen molar-refractivity contribution in [3.63, 3.8) is 0 Å². The van der Waals surface area contributed by atoms with E-state index in [-0.39, 0.29) is 34.7 Å². The largest absolute Gasteiger partial charge is 0.465 e. The summed E-state index contributed by atoms with van der Waals surface area (Å²) in [7, 11) is 1.20. The molecule has 2 aromatic rings. The molecule has 9 heteroatoms. The van der Waals surface area contributed by atoms with Crippen LogP contribution in [0.1, 0.15) is 67.9 Å². The second-order valence-electron chi connectivity index (χ2n) is 9.35. The van der Waals surface area contributed by atoms with Crippen LogP contribution in [0.5, 0.6) is 11.6 Å². The number of aromatic nitrogens is 1. The number of alkyl halides is 3. The van der Waals surface area contributed by atoms with E-state index in [1.54, 1.807) is 4.90 Å². The second-order valence-corrected chi connectivity index (χ2v) is 9.35. The van der Waals surface area contributed by atoms with Crippen LogP contribution in [0, 0.1) is 11.8 Å². The fourth-order valence-electron chi connectivity index (χ4n) is 4.39. The van der Waals surface area contributed by atoms with Crippen molar-refractivity contribution in [3.05, 3.63) is 53.7 Å². The molecule has 0 unspecified atom stereocenters. The summed E-state index contributed by atoms with van der Waals surface area (Å²) in [6, 6.07) is 4.80. The number of hydrogen-bond donors (Lipinski definition) is 0. The van der Waals surface area contributed by atoms with Crippen LogP contribution in [-0.4, -0.2) is 30.0 Å². The Balaban J connectivity index is 2.01. The molecule has 1 heterocycles. The number of hydrogen-bond acceptors (Lipinski definition) is 5. The van der Waals surface area contributed by atoms with E-state index in [9.17, 15) is 22.8 Å². The van der Waals surface area contributed by atoms with Gasteiger partial charge in [-0.15, -0.1) is 0 Å². The lowest BCUT2D eigenvalue weighted by Gasteiger charge is -2.34. The van der Waals surface area contributed by atoms with Crippen molar-refractivity contribution >= 4 is 23.6 Å². The molecular formula is C27H31F3N2O4. The SMILES string of the molecule is C=Cc1cnc(Oc2ccc(N(C(=O)[C@H]3CC[C@H](C)CC3)C(C)C)c(C(=O)OC)c2)c(C(F)(F)F)c1. The summed E-state index contributed by atoms with van der Waals surface area (Å²) in [5.74, 6) is -1.13. The van der Waals surface area contributed by atoms with Crippen LogP contribution >= 0.6 is 0 Å². The maximum atomic E-state index is 13.6. The Morgan fingerprint density at radius 3 is 2.39 bits per heavy atom. The van der Waals surface area contributed by atoms with Crippen molar-refractivity contribution in [2.45, 2.75) is 58.7 Å². The van der Waals surface area contributed by atoms with E-state index >= 15 is 0 Å². The number of halogens is 3. The molecule has 0 spiro atoms. The van der Waals surface area contributed by atoms with Crippen molar-refractivity contribution in [2.24, 2.45) is 11.8 Å². The number of pyridine rings is 1. The summed E-state index contributed by atoms with van der Waals surface area (Å²) in [6.45, 7) is 9.32. The van der Waals surface area contributed by atoms with Crippen LogP contribution in [-0.2, 0) is 15.7 Å². The van der Waals surface area contributed by atoms with Crippen molar-refractivity contribution in [2.75, 3.05) is 12.0 Å². The summed E-state index contributed by atoms with van der Waals surface area (Å²) in [6.07, 6.45) is 1.19. The van der Waals surface area contributed by atoms with Gasteiger partial charge in [0, 0.05) is 18.2 Å². The Labute approximate surface area is 209 Å². The van der Waals surface area contributed by atoms with Crippen LogP contribution in [0.3, 0.4) is 0 Å². The van der Waals surface area contributed by atoms with E-state index in [2.05, 4.69) is 18.5 Å². The fraction of sp³-hybridized carbons (Fsp3) is 0.444. The average molecular weight is 505 g/mol. The lowest BCUT2D eigenvalue weighted by molar-refractivity contribution is -0.139. The molecule has 0 atom stereocenters. The van der Waals surface area contributed by atoms with E-state index in [0.29, 0.717) is 11.6 Å². The Bertz CT molecular complexity index is 1120. The van der Waals surface area contributed by atoms with E-state index in [4.69, 9.17) is 9.47 Å². The zero-order valence-corrected chi connectivity index (χ0v) is 20.9. The lowest BCUT2D eigenvalue weighted by atomic mass is 9.82. The molecular weight excluding hydrogens is 473 g/mol. The highest BCUT2D eigenvalue weighted by Gasteiger charge is 2.36. The van der Waals surface area contributed by atoms with Gasteiger partial charge < -0.3 is 14.4 Å². The highest BCUT2D eigenvalue weighted by atomic mass is 19.4. The number of ether oxygens (including phenoxy) is 2. The molecule has 1 amide bonds. The Morgan fingerprint density at radius 2 is 1.83 bits per heavy atom. The first kappa shape index (κ1) is 27.2. The predicted molar refractivity (Wildman–Crippen MR) is 131 cm³/mol. The molecule has 3 rings (SSSR count). The highest BCUT2D eigenvalue weighted by Crippen LogP contribution is 2.39. The monoisotopic (exact) mass is 504 g/mol. The zero-order valence-electron chi connectivity index (χ0n) is 20.9. The van der Waals surface area contributed by atoms with Gasteiger partial charge in [-0.3, -0.25) is 4.79 Å². The Morgan fingerprint density at radius 1 is 1.17 bits per heavy atom. The molecule has 0 saturated heterocycles. The third-order valence-electron chi connectivity index (χ3n) is 6.38. The molecule has 1 fully saturated rings. The maximum absolute atomic E-state index is 13.6. The molecule has 1 aliphatic rings. The number of anilines is 1. The summed E-state index contributed by atoms with van der Waals surface area (Å²) in [5, 5.41) is 0. The summed E-state index contributed by atoms with van der Waals surface area (Å²) < 4.78 is 51.2. The van der Waals surface area contributed by atoms with Crippen LogP contribution in [0.4, 0.5) is 18.9 Å². The first-order chi connectivity index (χ1) is 17.0. The zero-order chi connectivity index (χ0) is 26.6. The van der Waals surface area contributed by atoms with E-state index in [0.717, 1.165) is 31.7 Å². The van der Waals surface area contributed by atoms with Crippen LogP contribution in [0.2, 0.25) is 0 Å². The number of rotatable bonds is 7. The van der Waals surface area contributed by atoms with Gasteiger partial charge in [0.15, 0.2) is 0 Å². The van der Waals surface area contributed by atoms with E-state index < -0.39 is 23.6 Å². The first-order valence-corrected chi connectivity index (χ1v) is 11.9. The summed E-state index contributed by atoms with van der Waals surface area (Å²) >= 11 is 0. The van der Waals surface area contributed by atoms with Gasteiger partial charge in [-0.05, 0) is 75.3 Å². The van der Waals surface area contributed by atoms with Gasteiger partial charge in [0.05, 0.1) is 18.4 Å². The molecule has 1 aromatic carbocycles. The van der Waals surface area contributed by atoms with Gasteiger partial charge in [-0.2, -0.15) is 13.2 Å². The molecule has 0 bridgehead atoms. The molecule has 1 saturated carbocycles. The summed E-state index contributed by atoms with van der Waals surface area (Å²) in [4.78, 5) is 31.6. The third kappa shape index (κ3) is 6.06. The molecule has 1 aromatic heterocycles. The van der Waals surface area contributed by atoms with Gasteiger partial charge >= 0.3 is 12.1 Å². The normalized spacial score (nSPS) is 18.0. The fourth-order valence-corrected chi connectivity index (χ4v) is 4.39. The van der Waals surface area contributed by atoms with Gasteiger partial charge in [0.1, 0.15) is 11.3 Å². The number of esters is 1. The van der Waals surface area contributed by atoms with E-state index in [1.165, 1.54) is 37.6 Å². The van der Waals surface area contributed by atoms with Gasteiger partial charge in [0.2, 0.25) is 11.8 Å². The first-order valence-electron chi connectivity index (χ1n) is 11.9. The average Bonchev–Trinajstić information content (AvgIpc) is 2.84. The number of carbonyl (C=O) groups excluding carboxylic acids is 2. The highest BCUT2D eigenvalue weighted by molar-refractivity contribution is 6.04. The minimum absolute atomic E-state index is 0.0116. The molecule has 0 N–H and O–H groups in total. The number of amides is 1. The lowest BCUT2D eigenvalue weighted by Crippen LogP contribution is -2.43. The third-order valence-corrected chi connectivity index (χ3v) is 6.38.